The molecule has 6 heteroatoms. The molecule has 156 valence electrons. The number of amides is 1. The first kappa shape index (κ1) is 19.2. The molecular formula is C24H27FN4O. The van der Waals surface area contributed by atoms with E-state index >= 15 is 0 Å². The van der Waals surface area contributed by atoms with Gasteiger partial charge in [-0.05, 0) is 36.6 Å². The molecule has 0 saturated carbocycles. The molecule has 5 rings (SSSR count). The molecular weight excluding hydrogens is 379 g/mol. The van der Waals surface area contributed by atoms with Crippen LogP contribution in [0.25, 0.3) is 11.0 Å². The van der Waals surface area contributed by atoms with Crippen molar-refractivity contribution in [3.8, 4) is 0 Å². The number of hydrogen-bond donors (Lipinski definition) is 1. The van der Waals surface area contributed by atoms with Gasteiger partial charge in [-0.1, -0.05) is 36.8 Å². The van der Waals surface area contributed by atoms with Gasteiger partial charge in [0.05, 0.1) is 23.1 Å². The fraction of sp³-hybridized carbons (Fsp3) is 0.417. The van der Waals surface area contributed by atoms with Crippen molar-refractivity contribution in [2.45, 2.75) is 43.7 Å². The minimum atomic E-state index is -0.430. The Morgan fingerprint density at radius 2 is 1.97 bits per heavy atom. The summed E-state index contributed by atoms with van der Waals surface area (Å²) >= 11 is 0. The number of halogens is 1. The molecule has 2 aromatic carbocycles. The maximum absolute atomic E-state index is 14.8. The SMILES string of the molecule is Cn1c(CN2C[C@@H](c3ccccc3F)[C@@]3(CCCCC(=O)N3)C2)nc2ccccc21. The van der Waals surface area contributed by atoms with E-state index in [1.165, 1.54) is 6.07 Å². The molecule has 30 heavy (non-hydrogen) atoms. The number of imidazole rings is 1. The zero-order chi connectivity index (χ0) is 20.7. The molecule has 1 amide bonds. The Labute approximate surface area is 175 Å². The smallest absolute Gasteiger partial charge is 0.220 e. The van der Waals surface area contributed by atoms with E-state index in [0.717, 1.165) is 36.1 Å². The molecule has 2 aliphatic heterocycles. The quantitative estimate of drug-likeness (QED) is 0.721. The van der Waals surface area contributed by atoms with Gasteiger partial charge in [0, 0.05) is 32.5 Å². The van der Waals surface area contributed by atoms with Gasteiger partial charge in [0.2, 0.25) is 5.91 Å². The summed E-state index contributed by atoms with van der Waals surface area (Å²) in [5, 5.41) is 3.31. The highest BCUT2D eigenvalue weighted by Gasteiger charge is 2.49. The largest absolute Gasteiger partial charge is 0.349 e. The lowest BCUT2D eigenvalue weighted by atomic mass is 9.78. The molecule has 1 aromatic heterocycles. The molecule has 2 aliphatic rings. The summed E-state index contributed by atoms with van der Waals surface area (Å²) in [6.07, 6.45) is 3.29. The Morgan fingerprint density at radius 1 is 1.17 bits per heavy atom. The molecule has 3 heterocycles. The average molecular weight is 407 g/mol. The molecule has 2 saturated heterocycles. The van der Waals surface area contributed by atoms with Crippen molar-refractivity contribution >= 4 is 16.9 Å². The number of nitrogens with zero attached hydrogens (tertiary/aromatic N) is 3. The topological polar surface area (TPSA) is 50.2 Å². The molecule has 0 radical (unpaired) electrons. The summed E-state index contributed by atoms with van der Waals surface area (Å²) in [7, 11) is 2.04. The van der Waals surface area contributed by atoms with Crippen LogP contribution in [0.3, 0.4) is 0 Å². The molecule has 0 aliphatic carbocycles. The fourth-order valence-corrected chi connectivity index (χ4v) is 5.33. The number of carbonyl (C=O) groups is 1. The highest BCUT2D eigenvalue weighted by atomic mass is 19.1. The van der Waals surface area contributed by atoms with Gasteiger partial charge in [0.15, 0.2) is 0 Å². The van der Waals surface area contributed by atoms with Crippen molar-refractivity contribution in [2.75, 3.05) is 13.1 Å². The molecule has 2 fully saturated rings. The number of rotatable bonds is 3. The zero-order valence-corrected chi connectivity index (χ0v) is 17.3. The molecule has 1 spiro atoms. The van der Waals surface area contributed by atoms with E-state index in [0.29, 0.717) is 31.6 Å². The van der Waals surface area contributed by atoms with Crippen molar-refractivity contribution < 1.29 is 9.18 Å². The number of nitrogens with one attached hydrogen (secondary N) is 1. The van der Waals surface area contributed by atoms with Gasteiger partial charge >= 0.3 is 0 Å². The summed E-state index contributed by atoms with van der Waals surface area (Å²) in [5.74, 6) is 0.805. The van der Waals surface area contributed by atoms with Crippen LogP contribution in [-0.2, 0) is 18.4 Å². The third-order valence-corrected chi connectivity index (χ3v) is 6.80. The third-order valence-electron chi connectivity index (χ3n) is 6.80. The first-order valence-corrected chi connectivity index (χ1v) is 10.7. The second kappa shape index (κ2) is 7.51. The van der Waals surface area contributed by atoms with Gasteiger partial charge < -0.3 is 9.88 Å². The molecule has 3 aromatic rings. The second-order valence-electron chi connectivity index (χ2n) is 8.73. The summed E-state index contributed by atoms with van der Waals surface area (Å²) in [6, 6.07) is 15.1. The standard InChI is InChI=1S/C24H27FN4O/c1-28-21-11-5-4-10-20(21)26-22(28)15-29-14-18(17-8-2-3-9-19(17)25)24(16-29)13-7-6-12-23(30)27-24/h2-5,8-11,18H,6-7,12-16H2,1H3,(H,27,30)/t18-,24+/m0/s1. The number of fused-ring (bicyclic) bond motifs is 1. The molecule has 0 unspecified atom stereocenters. The second-order valence-corrected chi connectivity index (χ2v) is 8.73. The number of aromatic nitrogens is 2. The number of carbonyl (C=O) groups excluding carboxylic acids is 1. The lowest BCUT2D eigenvalue weighted by molar-refractivity contribution is -0.122. The van der Waals surface area contributed by atoms with Crippen molar-refractivity contribution in [1.29, 1.82) is 0 Å². The lowest BCUT2D eigenvalue weighted by Crippen LogP contribution is -2.52. The van der Waals surface area contributed by atoms with E-state index < -0.39 is 5.54 Å². The zero-order valence-electron chi connectivity index (χ0n) is 17.3. The van der Waals surface area contributed by atoms with Crippen molar-refractivity contribution in [2.24, 2.45) is 7.05 Å². The Hall–Kier alpha value is -2.73. The number of likely N-dealkylation sites (tertiary alicyclic amines) is 1. The van der Waals surface area contributed by atoms with Gasteiger partial charge in [-0.25, -0.2) is 9.37 Å². The molecule has 5 nitrogen and oxygen atoms in total. The number of para-hydroxylation sites is 2. The van der Waals surface area contributed by atoms with Crippen LogP contribution in [0.1, 0.15) is 43.0 Å². The van der Waals surface area contributed by atoms with Crippen LogP contribution < -0.4 is 5.32 Å². The fourth-order valence-electron chi connectivity index (χ4n) is 5.33. The predicted molar refractivity (Wildman–Crippen MR) is 114 cm³/mol. The maximum atomic E-state index is 14.8. The van der Waals surface area contributed by atoms with Crippen molar-refractivity contribution in [3.05, 3.63) is 65.7 Å². The first-order chi connectivity index (χ1) is 14.6. The van der Waals surface area contributed by atoms with Crippen molar-refractivity contribution in [3.63, 3.8) is 0 Å². The van der Waals surface area contributed by atoms with Gasteiger partial charge in [0.25, 0.3) is 0 Å². The molecule has 0 bridgehead atoms. The van der Waals surface area contributed by atoms with Crippen LogP contribution in [0.5, 0.6) is 0 Å². The van der Waals surface area contributed by atoms with Gasteiger partial charge in [0.1, 0.15) is 11.6 Å². The van der Waals surface area contributed by atoms with E-state index in [9.17, 15) is 9.18 Å². The maximum Gasteiger partial charge on any atom is 0.220 e. The predicted octanol–water partition coefficient (Wildman–Crippen LogP) is 3.74. The Balaban J connectivity index is 1.49. The molecule has 2 atom stereocenters. The minimum Gasteiger partial charge on any atom is -0.349 e. The normalized spacial score (nSPS) is 25.0. The summed E-state index contributed by atoms with van der Waals surface area (Å²) in [6.45, 7) is 2.08. The van der Waals surface area contributed by atoms with E-state index in [-0.39, 0.29) is 17.6 Å². The van der Waals surface area contributed by atoms with Crippen LogP contribution in [0.2, 0.25) is 0 Å². The Morgan fingerprint density at radius 3 is 2.80 bits per heavy atom. The monoisotopic (exact) mass is 406 g/mol. The van der Waals surface area contributed by atoms with E-state index in [4.69, 9.17) is 4.98 Å². The van der Waals surface area contributed by atoms with Crippen LogP contribution in [0, 0.1) is 5.82 Å². The highest BCUT2D eigenvalue weighted by molar-refractivity contribution is 5.77. The van der Waals surface area contributed by atoms with Gasteiger partial charge in [-0.2, -0.15) is 0 Å². The van der Waals surface area contributed by atoms with Crippen LogP contribution >= 0.6 is 0 Å². The van der Waals surface area contributed by atoms with E-state index in [2.05, 4.69) is 20.9 Å². The summed E-state index contributed by atoms with van der Waals surface area (Å²) in [4.78, 5) is 19.6. The number of hydrogen-bond acceptors (Lipinski definition) is 3. The summed E-state index contributed by atoms with van der Waals surface area (Å²) in [5.41, 5.74) is 2.36. The van der Waals surface area contributed by atoms with Gasteiger partial charge in [-0.3, -0.25) is 9.69 Å². The number of aryl methyl sites for hydroxylation is 1. The number of benzene rings is 2. The third kappa shape index (κ3) is 3.29. The van der Waals surface area contributed by atoms with Crippen molar-refractivity contribution in [1.82, 2.24) is 19.8 Å². The van der Waals surface area contributed by atoms with Crippen LogP contribution in [-0.4, -0.2) is 39.0 Å². The van der Waals surface area contributed by atoms with Crippen LogP contribution in [0.15, 0.2) is 48.5 Å². The van der Waals surface area contributed by atoms with Gasteiger partial charge in [-0.15, -0.1) is 0 Å². The minimum absolute atomic E-state index is 0.0737. The average Bonchev–Trinajstić information content (AvgIpc) is 3.16. The van der Waals surface area contributed by atoms with E-state index in [1.807, 2.05) is 37.4 Å². The Kier molecular flexibility index (Phi) is 4.82. The first-order valence-electron chi connectivity index (χ1n) is 10.7. The summed E-state index contributed by atoms with van der Waals surface area (Å²) < 4.78 is 16.9. The van der Waals surface area contributed by atoms with E-state index in [1.54, 1.807) is 6.07 Å². The molecule has 1 N–H and O–H groups in total. The highest BCUT2D eigenvalue weighted by Crippen LogP contribution is 2.42. The Bertz CT molecular complexity index is 1090. The van der Waals surface area contributed by atoms with Crippen LogP contribution in [0.4, 0.5) is 4.39 Å². The lowest BCUT2D eigenvalue weighted by Gasteiger charge is -2.35.